The van der Waals surface area contributed by atoms with Gasteiger partial charge in [0.05, 0.1) is 16.3 Å². The maximum Gasteiger partial charge on any atom is 0.417 e. The van der Waals surface area contributed by atoms with E-state index >= 15 is 0 Å². The highest BCUT2D eigenvalue weighted by molar-refractivity contribution is 7.99. The highest BCUT2D eigenvalue weighted by Crippen LogP contribution is 2.36. The van der Waals surface area contributed by atoms with E-state index in [-0.39, 0.29) is 11.4 Å². The summed E-state index contributed by atoms with van der Waals surface area (Å²) < 4.78 is 39.8. The lowest BCUT2D eigenvalue weighted by atomic mass is 10.2. The van der Waals surface area contributed by atoms with Crippen molar-refractivity contribution >= 4 is 35.0 Å². The first kappa shape index (κ1) is 20.4. The van der Waals surface area contributed by atoms with E-state index in [0.29, 0.717) is 17.4 Å². The lowest BCUT2D eigenvalue weighted by Gasteiger charge is -2.11. The Labute approximate surface area is 157 Å². The van der Waals surface area contributed by atoms with Gasteiger partial charge in [0.25, 0.3) is 0 Å². The van der Waals surface area contributed by atoms with Crippen molar-refractivity contribution in [3.05, 3.63) is 34.6 Å². The number of anilines is 1. The zero-order valence-corrected chi connectivity index (χ0v) is 15.4. The number of thioether (sulfide) groups is 1. The van der Waals surface area contributed by atoms with Crippen LogP contribution in [0.1, 0.15) is 31.2 Å². The average molecular weight is 408 g/mol. The molecule has 0 saturated heterocycles. The molecule has 0 unspecified atom stereocenters. The lowest BCUT2D eigenvalue weighted by Crippen LogP contribution is -2.17. The zero-order chi connectivity index (χ0) is 19.3. The van der Waals surface area contributed by atoms with E-state index in [2.05, 4.69) is 15.5 Å². The van der Waals surface area contributed by atoms with Crippen LogP contribution in [0.4, 0.5) is 18.9 Å². The molecular weight excluding hydrogens is 391 g/mol. The fraction of sp³-hybridized carbons (Fsp3) is 0.400. The summed E-state index contributed by atoms with van der Waals surface area (Å²) in [6.45, 7) is 2.04. The van der Waals surface area contributed by atoms with Gasteiger partial charge >= 0.3 is 6.18 Å². The van der Waals surface area contributed by atoms with Gasteiger partial charge in [-0.2, -0.15) is 13.2 Å². The number of aryl methyl sites for hydroxylation is 1. The van der Waals surface area contributed by atoms with Crippen molar-refractivity contribution in [3.63, 3.8) is 0 Å². The molecule has 0 atom stereocenters. The van der Waals surface area contributed by atoms with Crippen LogP contribution >= 0.6 is 23.4 Å². The number of carbonyl (C=O) groups excluding carboxylic acids is 1. The molecule has 0 bridgehead atoms. The fourth-order valence-corrected chi connectivity index (χ4v) is 2.96. The molecule has 0 aliphatic heterocycles. The van der Waals surface area contributed by atoms with Crippen molar-refractivity contribution in [3.8, 4) is 0 Å². The minimum absolute atomic E-state index is 0.00479. The van der Waals surface area contributed by atoms with E-state index in [4.69, 9.17) is 17.4 Å². The molecule has 26 heavy (non-hydrogen) atoms. The third-order valence-corrected chi connectivity index (χ3v) is 4.65. The Morgan fingerprint density at radius 3 is 2.77 bits per heavy atom. The monoisotopic (exact) mass is 407 g/mol. The van der Waals surface area contributed by atoms with Gasteiger partial charge in [-0.05, 0) is 24.6 Å². The lowest BCUT2D eigenvalue weighted by molar-refractivity contribution is -0.137. The van der Waals surface area contributed by atoms with Crippen molar-refractivity contribution in [2.45, 2.75) is 37.5 Å². The van der Waals surface area contributed by atoms with Crippen molar-refractivity contribution in [2.75, 3.05) is 16.9 Å². The molecule has 2 rings (SSSR count). The summed E-state index contributed by atoms with van der Waals surface area (Å²) in [6, 6.07) is 3.18. The second kappa shape index (κ2) is 8.63. The quantitative estimate of drug-likeness (QED) is 0.539. The van der Waals surface area contributed by atoms with Crippen LogP contribution in [0, 0.1) is 0 Å². The van der Waals surface area contributed by atoms with Crippen LogP contribution in [-0.2, 0) is 17.4 Å². The summed E-state index contributed by atoms with van der Waals surface area (Å²) in [4.78, 5) is 12.0. The fourth-order valence-electron chi connectivity index (χ4n) is 2.06. The highest BCUT2D eigenvalue weighted by Gasteiger charge is 2.33. The Bertz CT molecular complexity index is 781. The van der Waals surface area contributed by atoms with Gasteiger partial charge in [-0.25, -0.2) is 4.68 Å². The molecule has 1 aromatic carbocycles. The number of hydrogen-bond acceptors (Lipinski definition) is 5. The van der Waals surface area contributed by atoms with Crippen molar-refractivity contribution in [1.82, 2.24) is 14.9 Å². The molecule has 1 heterocycles. The van der Waals surface area contributed by atoms with E-state index in [1.807, 2.05) is 6.92 Å². The molecule has 0 radical (unpaired) electrons. The third kappa shape index (κ3) is 5.28. The van der Waals surface area contributed by atoms with Gasteiger partial charge in [-0.1, -0.05) is 36.7 Å². The third-order valence-electron chi connectivity index (χ3n) is 3.38. The van der Waals surface area contributed by atoms with Gasteiger partial charge in [-0.15, -0.1) is 10.2 Å². The molecule has 1 aromatic heterocycles. The van der Waals surface area contributed by atoms with Crippen LogP contribution in [0.2, 0.25) is 5.02 Å². The average Bonchev–Trinajstić information content (AvgIpc) is 2.92. The first-order valence-electron chi connectivity index (χ1n) is 7.71. The number of carbonyl (C=O) groups is 1. The predicted molar refractivity (Wildman–Crippen MR) is 94.6 cm³/mol. The minimum Gasteiger partial charge on any atom is -0.336 e. The van der Waals surface area contributed by atoms with E-state index in [9.17, 15) is 18.0 Å². The molecule has 0 saturated carbocycles. The second-order valence-corrected chi connectivity index (χ2v) is 6.75. The molecule has 1 amide bonds. The summed E-state index contributed by atoms with van der Waals surface area (Å²) in [7, 11) is 0. The van der Waals surface area contributed by atoms with Gasteiger partial charge in [0.15, 0.2) is 5.82 Å². The van der Waals surface area contributed by atoms with Crippen LogP contribution < -0.4 is 11.2 Å². The smallest absolute Gasteiger partial charge is 0.336 e. The Morgan fingerprint density at radius 2 is 2.12 bits per heavy atom. The van der Waals surface area contributed by atoms with Crippen LogP contribution in [0.15, 0.2) is 23.4 Å². The number of nitrogens with one attached hydrogen (secondary N) is 1. The van der Waals surface area contributed by atoms with Crippen LogP contribution in [0.3, 0.4) is 0 Å². The molecular formula is C15H17ClF3N5OS. The van der Waals surface area contributed by atoms with E-state index in [0.717, 1.165) is 36.7 Å². The number of rotatable bonds is 7. The van der Waals surface area contributed by atoms with Crippen LogP contribution in [0.25, 0.3) is 0 Å². The maximum absolute atomic E-state index is 12.8. The second-order valence-electron chi connectivity index (χ2n) is 5.40. The molecule has 11 heteroatoms. The molecule has 0 aliphatic rings. The summed E-state index contributed by atoms with van der Waals surface area (Å²) in [6.07, 6.45) is -2.02. The molecule has 2 aromatic rings. The van der Waals surface area contributed by atoms with Gasteiger partial charge in [0.1, 0.15) is 0 Å². The summed E-state index contributed by atoms with van der Waals surface area (Å²) in [5, 5.41) is 10.2. The standard InChI is InChI=1S/C15H17ClF3N5OS/c1-2-3-4-12-22-23-14(24(12)20)26-8-13(25)21-9-5-6-11(16)10(7-9)15(17,18)19/h5-7H,2-4,8,20H2,1H3,(H,21,25). The van der Waals surface area contributed by atoms with Gasteiger partial charge in [0.2, 0.25) is 11.1 Å². The summed E-state index contributed by atoms with van der Waals surface area (Å²) in [5.74, 6) is 5.91. The number of hydrogen-bond donors (Lipinski definition) is 2. The van der Waals surface area contributed by atoms with Crippen molar-refractivity contribution in [2.24, 2.45) is 0 Å². The summed E-state index contributed by atoms with van der Waals surface area (Å²) in [5.41, 5.74) is -1.00. The summed E-state index contributed by atoms with van der Waals surface area (Å²) >= 11 is 6.59. The van der Waals surface area contributed by atoms with Gasteiger partial charge in [-0.3, -0.25) is 4.79 Å². The number of nitrogens with zero attached hydrogens (tertiary/aromatic N) is 3. The number of unbranched alkanes of at least 4 members (excludes halogenated alkanes) is 1. The largest absolute Gasteiger partial charge is 0.417 e. The molecule has 142 valence electrons. The van der Waals surface area contributed by atoms with Crippen molar-refractivity contribution in [1.29, 1.82) is 0 Å². The van der Waals surface area contributed by atoms with Crippen LogP contribution in [-0.4, -0.2) is 26.5 Å². The van der Waals surface area contributed by atoms with E-state index in [1.54, 1.807) is 0 Å². The Morgan fingerprint density at radius 1 is 1.38 bits per heavy atom. The molecule has 0 spiro atoms. The number of nitrogens with two attached hydrogens (primary N) is 1. The molecule has 0 aliphatic carbocycles. The van der Waals surface area contributed by atoms with E-state index < -0.39 is 22.7 Å². The maximum atomic E-state index is 12.8. The Kier molecular flexibility index (Phi) is 6.76. The van der Waals surface area contributed by atoms with E-state index in [1.165, 1.54) is 10.7 Å². The van der Waals surface area contributed by atoms with Gasteiger partial charge < -0.3 is 11.2 Å². The zero-order valence-electron chi connectivity index (χ0n) is 13.8. The number of benzene rings is 1. The normalized spacial score (nSPS) is 11.6. The predicted octanol–water partition coefficient (Wildman–Crippen LogP) is 3.74. The van der Waals surface area contributed by atoms with Crippen molar-refractivity contribution < 1.29 is 18.0 Å². The number of nitrogen functional groups attached to an aromatic ring is 1. The molecule has 3 N–H and O–H groups in total. The van der Waals surface area contributed by atoms with Gasteiger partial charge in [0, 0.05) is 12.1 Å². The topological polar surface area (TPSA) is 85.8 Å². The molecule has 0 fully saturated rings. The first-order valence-corrected chi connectivity index (χ1v) is 9.07. The highest BCUT2D eigenvalue weighted by atomic mass is 35.5. The number of aromatic nitrogens is 3. The SMILES string of the molecule is CCCCc1nnc(SCC(=O)Nc2ccc(Cl)c(C(F)(F)F)c2)n1N. The number of halogens is 4. The number of alkyl halides is 3. The Hall–Kier alpha value is -1.94. The number of amides is 1. The molecule has 6 nitrogen and oxygen atoms in total. The minimum atomic E-state index is -4.60. The first-order chi connectivity index (χ1) is 12.2. The Balaban J connectivity index is 1.97. The van der Waals surface area contributed by atoms with Crippen LogP contribution in [0.5, 0.6) is 0 Å².